The van der Waals surface area contributed by atoms with Gasteiger partial charge in [-0.25, -0.2) is 4.68 Å². The SMILES string of the molecule is Cc1ccc(-n2nc(C(=O)Nc3ccc(CN4CCCC(C(N)=O)C4)cc3)c3c2CCC3)cc1. The molecule has 2 amide bonds. The number of likely N-dealkylation sites (tertiary alicyclic amines) is 1. The second-order valence-corrected chi connectivity index (χ2v) is 9.50. The molecule has 1 aromatic heterocycles. The van der Waals surface area contributed by atoms with Crippen molar-refractivity contribution in [3.05, 3.63) is 76.6 Å². The average Bonchev–Trinajstić information content (AvgIpc) is 3.44. The van der Waals surface area contributed by atoms with Gasteiger partial charge in [-0.1, -0.05) is 29.8 Å². The number of primary amides is 1. The highest BCUT2D eigenvalue weighted by Crippen LogP contribution is 2.28. The maximum atomic E-state index is 13.1. The molecule has 2 heterocycles. The number of nitrogens with zero attached hydrogens (tertiary/aromatic N) is 3. The second-order valence-electron chi connectivity index (χ2n) is 9.50. The van der Waals surface area contributed by atoms with Gasteiger partial charge in [0.25, 0.3) is 5.91 Å². The highest BCUT2D eigenvalue weighted by Gasteiger charge is 2.27. The van der Waals surface area contributed by atoms with E-state index in [1.54, 1.807) is 0 Å². The number of carbonyl (C=O) groups excluding carboxylic acids is 2. The number of amides is 2. The van der Waals surface area contributed by atoms with Crippen LogP contribution in [0, 0.1) is 12.8 Å². The maximum absolute atomic E-state index is 13.1. The van der Waals surface area contributed by atoms with Crippen LogP contribution in [0.25, 0.3) is 5.69 Å². The number of aryl methyl sites for hydroxylation is 1. The molecule has 1 unspecified atom stereocenters. The van der Waals surface area contributed by atoms with Crippen LogP contribution in [0.5, 0.6) is 0 Å². The first-order chi connectivity index (χ1) is 16.5. The summed E-state index contributed by atoms with van der Waals surface area (Å²) in [6, 6.07) is 16.2. The Kier molecular flexibility index (Phi) is 6.20. The van der Waals surface area contributed by atoms with Crippen LogP contribution < -0.4 is 11.1 Å². The lowest BCUT2D eigenvalue weighted by molar-refractivity contribution is -0.123. The molecule has 0 radical (unpaired) electrons. The van der Waals surface area contributed by atoms with E-state index in [0.717, 1.165) is 73.4 Å². The Morgan fingerprint density at radius 1 is 1.06 bits per heavy atom. The highest BCUT2D eigenvalue weighted by atomic mass is 16.2. The molecule has 34 heavy (non-hydrogen) atoms. The molecule has 1 fully saturated rings. The summed E-state index contributed by atoms with van der Waals surface area (Å²) in [5, 5.41) is 7.73. The van der Waals surface area contributed by atoms with Crippen molar-refractivity contribution < 1.29 is 9.59 Å². The van der Waals surface area contributed by atoms with E-state index in [-0.39, 0.29) is 17.7 Å². The quantitative estimate of drug-likeness (QED) is 0.591. The number of rotatable bonds is 6. The fourth-order valence-electron chi connectivity index (χ4n) is 5.09. The van der Waals surface area contributed by atoms with Crippen LogP contribution >= 0.6 is 0 Å². The van der Waals surface area contributed by atoms with Crippen LogP contribution in [0.1, 0.15) is 52.1 Å². The fourth-order valence-corrected chi connectivity index (χ4v) is 5.09. The molecule has 176 valence electrons. The number of nitrogens with two attached hydrogens (primary N) is 1. The standard InChI is InChI=1S/C27H31N5O2/c1-18-7-13-22(14-8-18)32-24-6-2-5-23(24)25(30-32)27(34)29-21-11-9-19(10-12-21)16-31-15-3-4-20(17-31)26(28)33/h7-14,20H,2-6,15-17H2,1H3,(H2,28,33)(H,29,34). The molecule has 1 aliphatic heterocycles. The van der Waals surface area contributed by atoms with Gasteiger partial charge in [-0.15, -0.1) is 0 Å². The van der Waals surface area contributed by atoms with Gasteiger partial charge in [-0.3, -0.25) is 14.5 Å². The van der Waals surface area contributed by atoms with E-state index in [0.29, 0.717) is 12.2 Å². The smallest absolute Gasteiger partial charge is 0.276 e. The first kappa shape index (κ1) is 22.3. The summed E-state index contributed by atoms with van der Waals surface area (Å²) in [4.78, 5) is 26.9. The van der Waals surface area contributed by atoms with Crippen LogP contribution in [-0.4, -0.2) is 39.6 Å². The van der Waals surface area contributed by atoms with Gasteiger partial charge >= 0.3 is 0 Å². The van der Waals surface area contributed by atoms with E-state index in [4.69, 9.17) is 10.8 Å². The summed E-state index contributed by atoms with van der Waals surface area (Å²) in [7, 11) is 0. The lowest BCUT2D eigenvalue weighted by atomic mass is 9.97. The van der Waals surface area contributed by atoms with Gasteiger partial charge in [-0.05, 0) is 75.4 Å². The van der Waals surface area contributed by atoms with Crippen LogP contribution in [0.2, 0.25) is 0 Å². The topological polar surface area (TPSA) is 93.2 Å². The molecule has 1 saturated heterocycles. The number of fused-ring (bicyclic) bond motifs is 1. The van der Waals surface area contributed by atoms with E-state index >= 15 is 0 Å². The molecular weight excluding hydrogens is 426 g/mol. The minimum Gasteiger partial charge on any atom is -0.369 e. The first-order valence-corrected chi connectivity index (χ1v) is 12.1. The Labute approximate surface area is 199 Å². The van der Waals surface area contributed by atoms with Crippen molar-refractivity contribution in [1.29, 1.82) is 0 Å². The normalized spacial score (nSPS) is 18.0. The van der Waals surface area contributed by atoms with E-state index in [1.165, 1.54) is 5.56 Å². The minimum atomic E-state index is -0.209. The average molecular weight is 458 g/mol. The lowest BCUT2D eigenvalue weighted by Gasteiger charge is -2.31. The Morgan fingerprint density at radius 3 is 2.56 bits per heavy atom. The van der Waals surface area contributed by atoms with Crippen LogP contribution in [0.3, 0.4) is 0 Å². The largest absolute Gasteiger partial charge is 0.369 e. The summed E-state index contributed by atoms with van der Waals surface area (Å²) in [5.41, 5.74) is 12.3. The van der Waals surface area contributed by atoms with Gasteiger partial charge in [0, 0.05) is 30.0 Å². The molecule has 2 aromatic carbocycles. The zero-order valence-electron chi connectivity index (χ0n) is 19.6. The number of carbonyl (C=O) groups is 2. The summed E-state index contributed by atoms with van der Waals surface area (Å²) < 4.78 is 1.93. The Balaban J connectivity index is 1.27. The molecule has 7 nitrogen and oxygen atoms in total. The first-order valence-electron chi connectivity index (χ1n) is 12.1. The number of hydrogen-bond acceptors (Lipinski definition) is 4. The van der Waals surface area contributed by atoms with E-state index in [1.807, 2.05) is 28.9 Å². The molecule has 1 aliphatic carbocycles. The number of hydrogen-bond donors (Lipinski definition) is 2. The van der Waals surface area contributed by atoms with Crippen LogP contribution in [0.15, 0.2) is 48.5 Å². The van der Waals surface area contributed by atoms with Gasteiger partial charge in [0.15, 0.2) is 5.69 Å². The highest BCUT2D eigenvalue weighted by molar-refractivity contribution is 6.04. The van der Waals surface area contributed by atoms with Crippen molar-refractivity contribution in [1.82, 2.24) is 14.7 Å². The molecule has 2 aliphatic rings. The number of benzene rings is 2. The predicted molar refractivity (Wildman–Crippen MR) is 132 cm³/mol. The predicted octanol–water partition coefficient (Wildman–Crippen LogP) is 3.62. The van der Waals surface area contributed by atoms with Gasteiger partial charge in [-0.2, -0.15) is 5.10 Å². The number of nitrogens with one attached hydrogen (secondary N) is 1. The van der Waals surface area contributed by atoms with Gasteiger partial charge in [0.2, 0.25) is 5.91 Å². The van der Waals surface area contributed by atoms with Crippen molar-refractivity contribution in [3.8, 4) is 5.69 Å². The molecule has 0 spiro atoms. The summed E-state index contributed by atoms with van der Waals surface area (Å²) >= 11 is 0. The second kappa shape index (κ2) is 9.43. The van der Waals surface area contributed by atoms with Gasteiger partial charge < -0.3 is 11.1 Å². The third-order valence-electron chi connectivity index (χ3n) is 6.95. The third kappa shape index (κ3) is 4.61. The van der Waals surface area contributed by atoms with Crippen LogP contribution in [-0.2, 0) is 24.2 Å². The fraction of sp³-hybridized carbons (Fsp3) is 0.370. The minimum absolute atomic E-state index is 0.0613. The molecule has 0 bridgehead atoms. The van der Waals surface area contributed by atoms with Gasteiger partial charge in [0.1, 0.15) is 0 Å². The maximum Gasteiger partial charge on any atom is 0.276 e. The monoisotopic (exact) mass is 457 g/mol. The van der Waals surface area contributed by atoms with E-state index in [9.17, 15) is 9.59 Å². The molecule has 7 heteroatoms. The summed E-state index contributed by atoms with van der Waals surface area (Å²) in [6.45, 7) is 4.51. The van der Waals surface area contributed by atoms with Crippen LogP contribution in [0.4, 0.5) is 5.69 Å². The molecular formula is C27H31N5O2. The molecule has 1 atom stereocenters. The molecule has 0 saturated carbocycles. The summed E-state index contributed by atoms with van der Waals surface area (Å²) in [6.07, 6.45) is 4.72. The zero-order valence-corrected chi connectivity index (χ0v) is 19.6. The summed E-state index contributed by atoms with van der Waals surface area (Å²) in [5.74, 6) is -0.440. The number of anilines is 1. The Hall–Kier alpha value is -3.45. The Bertz CT molecular complexity index is 1200. The van der Waals surface area contributed by atoms with Crippen molar-refractivity contribution in [2.75, 3.05) is 18.4 Å². The zero-order chi connectivity index (χ0) is 23.7. The molecule has 5 rings (SSSR count). The van der Waals surface area contributed by atoms with Crippen molar-refractivity contribution in [3.63, 3.8) is 0 Å². The van der Waals surface area contributed by atoms with E-state index in [2.05, 4.69) is 41.4 Å². The lowest BCUT2D eigenvalue weighted by Crippen LogP contribution is -2.40. The van der Waals surface area contributed by atoms with Crippen molar-refractivity contribution >= 4 is 17.5 Å². The van der Waals surface area contributed by atoms with Gasteiger partial charge in [0.05, 0.1) is 11.6 Å². The third-order valence-corrected chi connectivity index (χ3v) is 6.95. The van der Waals surface area contributed by atoms with Crippen molar-refractivity contribution in [2.24, 2.45) is 11.7 Å². The molecule has 3 N–H and O–H groups in total. The van der Waals surface area contributed by atoms with Crippen molar-refractivity contribution in [2.45, 2.75) is 45.6 Å². The number of piperidine rings is 1. The van der Waals surface area contributed by atoms with E-state index < -0.39 is 0 Å². The number of aromatic nitrogens is 2. The molecule has 3 aromatic rings. The Morgan fingerprint density at radius 2 is 1.82 bits per heavy atom.